The number of aromatic nitrogens is 1. The van der Waals surface area contributed by atoms with Gasteiger partial charge in [0.25, 0.3) is 0 Å². The van der Waals surface area contributed by atoms with E-state index in [0.29, 0.717) is 25.0 Å². The normalized spacial score (nSPS) is 22.0. The molecule has 2 unspecified atom stereocenters. The Morgan fingerprint density at radius 1 is 1.43 bits per heavy atom. The van der Waals surface area contributed by atoms with Gasteiger partial charge in [-0.1, -0.05) is 6.42 Å². The van der Waals surface area contributed by atoms with Crippen LogP contribution in [0.15, 0.2) is 16.6 Å². The lowest BCUT2D eigenvalue weighted by atomic mass is 10.1. The van der Waals surface area contributed by atoms with Crippen LogP contribution in [-0.2, 0) is 19.6 Å². The van der Waals surface area contributed by atoms with Gasteiger partial charge in [0.15, 0.2) is 0 Å². The van der Waals surface area contributed by atoms with Crippen molar-refractivity contribution in [2.75, 3.05) is 11.8 Å². The van der Waals surface area contributed by atoms with Crippen LogP contribution in [0, 0.1) is 12.8 Å². The van der Waals surface area contributed by atoms with Crippen LogP contribution in [0.2, 0.25) is 0 Å². The number of hydrogen-bond donors (Lipinski definition) is 1. The maximum Gasteiger partial charge on any atom is 0.310 e. The molecule has 0 amide bonds. The minimum atomic E-state index is -3.68. The quantitative estimate of drug-likeness (QED) is 0.814. The Labute approximate surface area is 132 Å². The number of ether oxygens (including phenoxy) is 1. The fraction of sp³-hybridized carbons (Fsp3) is 0.538. The SMILES string of the molecule is COC(=O)C1CCCC1S(=O)(=O)Nc1ccc(Br)c(C)n1. The van der Waals surface area contributed by atoms with E-state index in [1.807, 2.05) is 0 Å². The number of esters is 1. The number of rotatable bonds is 4. The molecule has 2 rings (SSSR count). The molecule has 0 radical (unpaired) electrons. The van der Waals surface area contributed by atoms with E-state index in [1.54, 1.807) is 19.1 Å². The third-order valence-electron chi connectivity index (χ3n) is 3.62. The van der Waals surface area contributed by atoms with Gasteiger partial charge in [-0.15, -0.1) is 0 Å². The number of carbonyl (C=O) groups excluding carboxylic acids is 1. The molecule has 1 aliphatic carbocycles. The topological polar surface area (TPSA) is 85.4 Å². The van der Waals surface area contributed by atoms with Crippen LogP contribution in [0.1, 0.15) is 25.0 Å². The molecule has 0 spiro atoms. The van der Waals surface area contributed by atoms with E-state index < -0.39 is 27.2 Å². The van der Waals surface area contributed by atoms with Crippen molar-refractivity contribution in [1.82, 2.24) is 4.98 Å². The largest absolute Gasteiger partial charge is 0.469 e. The van der Waals surface area contributed by atoms with Crippen molar-refractivity contribution in [2.45, 2.75) is 31.4 Å². The lowest BCUT2D eigenvalue weighted by Gasteiger charge is -2.18. The number of sulfonamides is 1. The minimum Gasteiger partial charge on any atom is -0.469 e. The highest BCUT2D eigenvalue weighted by atomic mass is 79.9. The Balaban J connectivity index is 2.21. The zero-order chi connectivity index (χ0) is 15.6. The van der Waals surface area contributed by atoms with Gasteiger partial charge in [0, 0.05) is 4.47 Å². The summed E-state index contributed by atoms with van der Waals surface area (Å²) in [5, 5.41) is -0.768. The van der Waals surface area contributed by atoms with Crippen LogP contribution < -0.4 is 4.72 Å². The van der Waals surface area contributed by atoms with Gasteiger partial charge in [0.05, 0.1) is 24.0 Å². The van der Waals surface area contributed by atoms with Gasteiger partial charge in [-0.25, -0.2) is 13.4 Å². The smallest absolute Gasteiger partial charge is 0.310 e. The standard InChI is InChI=1S/C13H17BrN2O4S/c1-8-10(14)6-7-12(15-8)16-21(18,19)11-5-3-4-9(11)13(17)20-2/h6-7,9,11H,3-5H2,1-2H3,(H,15,16). The van der Waals surface area contributed by atoms with Crippen molar-refractivity contribution in [1.29, 1.82) is 0 Å². The lowest BCUT2D eigenvalue weighted by molar-refractivity contribution is -0.145. The predicted octanol–water partition coefficient (Wildman–Crippen LogP) is 2.24. The fourth-order valence-electron chi connectivity index (χ4n) is 2.54. The van der Waals surface area contributed by atoms with E-state index in [9.17, 15) is 13.2 Å². The molecule has 1 aliphatic rings. The van der Waals surface area contributed by atoms with E-state index in [4.69, 9.17) is 4.74 Å². The summed E-state index contributed by atoms with van der Waals surface area (Å²) in [5.74, 6) is -0.821. The molecule has 1 aromatic rings. The maximum absolute atomic E-state index is 12.5. The molecule has 8 heteroatoms. The molecule has 1 aromatic heterocycles. The van der Waals surface area contributed by atoms with Crippen LogP contribution in [0.4, 0.5) is 5.82 Å². The second-order valence-corrected chi connectivity index (χ2v) is 7.76. The monoisotopic (exact) mass is 376 g/mol. The average molecular weight is 377 g/mol. The molecule has 1 N–H and O–H groups in total. The van der Waals surface area contributed by atoms with Crippen molar-refractivity contribution in [3.8, 4) is 0 Å². The van der Waals surface area contributed by atoms with Crippen LogP contribution >= 0.6 is 15.9 Å². The van der Waals surface area contributed by atoms with Crippen LogP contribution in [-0.4, -0.2) is 31.7 Å². The molecule has 1 fully saturated rings. The van der Waals surface area contributed by atoms with E-state index in [0.717, 1.165) is 4.47 Å². The molecule has 21 heavy (non-hydrogen) atoms. The zero-order valence-electron chi connectivity index (χ0n) is 11.8. The number of nitrogens with one attached hydrogen (secondary N) is 1. The molecule has 1 saturated carbocycles. The van der Waals surface area contributed by atoms with Crippen molar-refractivity contribution in [3.63, 3.8) is 0 Å². The third-order valence-corrected chi connectivity index (χ3v) is 6.32. The first-order chi connectivity index (χ1) is 9.85. The van der Waals surface area contributed by atoms with E-state index in [1.165, 1.54) is 7.11 Å². The average Bonchev–Trinajstić information content (AvgIpc) is 2.92. The number of hydrogen-bond acceptors (Lipinski definition) is 5. The predicted molar refractivity (Wildman–Crippen MR) is 82.4 cm³/mol. The van der Waals surface area contributed by atoms with Crippen LogP contribution in [0.3, 0.4) is 0 Å². The molecule has 2 atom stereocenters. The molecule has 1 heterocycles. The first-order valence-electron chi connectivity index (χ1n) is 6.58. The Bertz CT molecular complexity index is 648. The number of anilines is 1. The molecule has 0 bridgehead atoms. The van der Waals surface area contributed by atoms with Crippen molar-refractivity contribution in [2.24, 2.45) is 5.92 Å². The first-order valence-corrected chi connectivity index (χ1v) is 8.91. The number of nitrogens with zero attached hydrogens (tertiary/aromatic N) is 1. The number of halogens is 1. The molecule has 0 aliphatic heterocycles. The summed E-state index contributed by atoms with van der Waals surface area (Å²) in [7, 11) is -2.40. The van der Waals surface area contributed by atoms with Crippen LogP contribution in [0.5, 0.6) is 0 Å². The third kappa shape index (κ3) is 3.55. The zero-order valence-corrected chi connectivity index (χ0v) is 14.2. The van der Waals surface area contributed by atoms with Gasteiger partial charge < -0.3 is 4.74 Å². The molecule has 6 nitrogen and oxygen atoms in total. The highest BCUT2D eigenvalue weighted by Gasteiger charge is 2.42. The highest BCUT2D eigenvalue weighted by molar-refractivity contribution is 9.10. The number of aryl methyl sites for hydroxylation is 1. The summed E-state index contributed by atoms with van der Waals surface area (Å²) in [6.45, 7) is 1.77. The lowest BCUT2D eigenvalue weighted by Crippen LogP contribution is -2.35. The van der Waals surface area contributed by atoms with Gasteiger partial charge in [0.1, 0.15) is 5.82 Å². The Hall–Kier alpha value is -1.15. The highest BCUT2D eigenvalue weighted by Crippen LogP contribution is 2.33. The summed E-state index contributed by atoms with van der Waals surface area (Å²) >= 11 is 3.31. The van der Waals surface area contributed by atoms with Gasteiger partial charge >= 0.3 is 5.97 Å². The summed E-state index contributed by atoms with van der Waals surface area (Å²) in [5.41, 5.74) is 0.686. The molecule has 0 aromatic carbocycles. The van der Waals surface area contributed by atoms with Crippen molar-refractivity contribution >= 4 is 37.7 Å². The first kappa shape index (κ1) is 16.2. The van der Waals surface area contributed by atoms with E-state index in [2.05, 4.69) is 25.6 Å². The maximum atomic E-state index is 12.5. The van der Waals surface area contributed by atoms with Gasteiger partial charge in [0.2, 0.25) is 10.0 Å². The molecule has 116 valence electrons. The summed E-state index contributed by atoms with van der Waals surface area (Å²) in [6, 6.07) is 3.31. The molecule has 0 saturated heterocycles. The van der Waals surface area contributed by atoms with E-state index in [-0.39, 0.29) is 5.82 Å². The second-order valence-electron chi connectivity index (χ2n) is 5.01. The Kier molecular flexibility index (Phi) is 4.88. The van der Waals surface area contributed by atoms with Crippen molar-refractivity contribution in [3.05, 3.63) is 22.3 Å². The number of pyridine rings is 1. The van der Waals surface area contributed by atoms with Gasteiger partial charge in [-0.05, 0) is 47.8 Å². The number of methoxy groups -OCH3 is 1. The summed E-state index contributed by atoms with van der Waals surface area (Å²) in [6.07, 6.45) is 1.67. The Morgan fingerprint density at radius 2 is 2.14 bits per heavy atom. The van der Waals surface area contributed by atoms with Gasteiger partial charge in [-0.3, -0.25) is 9.52 Å². The summed E-state index contributed by atoms with van der Waals surface area (Å²) in [4.78, 5) is 15.9. The van der Waals surface area contributed by atoms with Gasteiger partial charge in [-0.2, -0.15) is 0 Å². The summed E-state index contributed by atoms with van der Waals surface area (Å²) < 4.78 is 32.9. The second kappa shape index (κ2) is 6.31. The molecular weight excluding hydrogens is 360 g/mol. The fourth-order valence-corrected chi connectivity index (χ4v) is 4.47. The van der Waals surface area contributed by atoms with Crippen molar-refractivity contribution < 1.29 is 17.9 Å². The van der Waals surface area contributed by atoms with Crippen LogP contribution in [0.25, 0.3) is 0 Å². The molecular formula is C13H17BrN2O4S. The van der Waals surface area contributed by atoms with E-state index >= 15 is 0 Å². The Morgan fingerprint density at radius 3 is 2.76 bits per heavy atom. The number of carbonyl (C=O) groups is 1. The minimum absolute atomic E-state index is 0.256.